The molecule has 0 radical (unpaired) electrons. The number of pyridine rings is 1. The number of benzene rings is 1. The molecule has 0 saturated heterocycles. The zero-order valence-electron chi connectivity index (χ0n) is 7.57. The fourth-order valence-corrected chi connectivity index (χ4v) is 1.77. The van der Waals surface area contributed by atoms with Gasteiger partial charge in [-0.1, -0.05) is 15.9 Å². The normalized spacial score (nSPS) is 10.5. The molecule has 0 fully saturated rings. The number of nitrogens with two attached hydrogens (primary N) is 1. The van der Waals surface area contributed by atoms with Gasteiger partial charge in [0.1, 0.15) is 5.82 Å². The van der Waals surface area contributed by atoms with Crippen molar-refractivity contribution in [3.8, 4) is 0 Å². The quantitative estimate of drug-likeness (QED) is 0.831. The predicted octanol–water partition coefficient (Wildman–Crippen LogP) is 2.28. The average Bonchev–Trinajstić information content (AvgIpc) is 2.17. The van der Waals surface area contributed by atoms with E-state index in [1.54, 1.807) is 18.2 Å². The van der Waals surface area contributed by atoms with E-state index in [0.29, 0.717) is 16.6 Å². The highest BCUT2D eigenvalue weighted by Crippen LogP contribution is 2.25. The summed E-state index contributed by atoms with van der Waals surface area (Å²) in [7, 11) is 0. The largest absolute Gasteiger partial charge is 0.478 e. The third kappa shape index (κ3) is 1.66. The van der Waals surface area contributed by atoms with Crippen LogP contribution in [-0.2, 0) is 0 Å². The minimum Gasteiger partial charge on any atom is -0.478 e. The lowest BCUT2D eigenvalue weighted by molar-refractivity contribution is 0.0698. The topological polar surface area (TPSA) is 76.2 Å². The smallest absolute Gasteiger partial charge is 0.337 e. The molecule has 1 aromatic carbocycles. The Morgan fingerprint density at radius 1 is 1.40 bits per heavy atom. The van der Waals surface area contributed by atoms with Crippen molar-refractivity contribution in [1.29, 1.82) is 0 Å². The molecule has 0 bridgehead atoms. The molecule has 5 heteroatoms. The van der Waals surface area contributed by atoms with Crippen molar-refractivity contribution >= 4 is 38.5 Å². The monoisotopic (exact) mass is 266 g/mol. The molecule has 1 heterocycles. The van der Waals surface area contributed by atoms with Gasteiger partial charge in [0.15, 0.2) is 0 Å². The number of rotatable bonds is 1. The number of anilines is 1. The van der Waals surface area contributed by atoms with Crippen molar-refractivity contribution < 1.29 is 9.90 Å². The summed E-state index contributed by atoms with van der Waals surface area (Å²) >= 11 is 3.29. The first kappa shape index (κ1) is 9.92. The maximum absolute atomic E-state index is 10.9. The van der Waals surface area contributed by atoms with Crippen LogP contribution in [0.1, 0.15) is 10.4 Å². The van der Waals surface area contributed by atoms with Gasteiger partial charge in [-0.3, -0.25) is 0 Å². The Labute approximate surface area is 93.9 Å². The second-order valence-electron chi connectivity index (χ2n) is 3.05. The number of hydrogen-bond donors (Lipinski definition) is 2. The molecule has 4 nitrogen and oxygen atoms in total. The highest BCUT2D eigenvalue weighted by molar-refractivity contribution is 9.10. The Morgan fingerprint density at radius 2 is 2.13 bits per heavy atom. The first-order valence-corrected chi connectivity index (χ1v) is 4.96. The minimum absolute atomic E-state index is 0.153. The fourth-order valence-electron chi connectivity index (χ4n) is 1.41. The van der Waals surface area contributed by atoms with Gasteiger partial charge in [-0.25, -0.2) is 9.78 Å². The third-order valence-electron chi connectivity index (χ3n) is 2.11. The number of fused-ring (bicyclic) bond motifs is 1. The average molecular weight is 267 g/mol. The summed E-state index contributed by atoms with van der Waals surface area (Å²) in [5.41, 5.74) is 5.81. The van der Waals surface area contributed by atoms with E-state index < -0.39 is 5.97 Å². The van der Waals surface area contributed by atoms with E-state index in [0.717, 1.165) is 4.47 Å². The summed E-state index contributed by atoms with van der Waals surface area (Å²) in [5, 5.41) is 10.2. The number of carboxylic acids is 1. The number of carboxylic acid groups (broad SMARTS) is 1. The summed E-state index contributed by atoms with van der Waals surface area (Å²) in [6.45, 7) is 0. The molecule has 0 aliphatic heterocycles. The van der Waals surface area contributed by atoms with Crippen molar-refractivity contribution in [3.63, 3.8) is 0 Å². The lowest BCUT2D eigenvalue weighted by Crippen LogP contribution is -2.01. The molecule has 2 aromatic rings. The van der Waals surface area contributed by atoms with Gasteiger partial charge >= 0.3 is 5.97 Å². The fraction of sp³-hybridized carbons (Fsp3) is 0. The van der Waals surface area contributed by atoms with E-state index in [1.807, 2.05) is 0 Å². The molecule has 0 atom stereocenters. The summed E-state index contributed by atoms with van der Waals surface area (Å²) in [6, 6.07) is 5.26. The lowest BCUT2D eigenvalue weighted by atomic mass is 10.1. The number of aromatic nitrogens is 1. The Kier molecular flexibility index (Phi) is 2.32. The van der Waals surface area contributed by atoms with Gasteiger partial charge in [-0.2, -0.15) is 0 Å². The van der Waals surface area contributed by atoms with E-state index in [1.165, 1.54) is 6.20 Å². The van der Waals surface area contributed by atoms with Crippen molar-refractivity contribution in [2.75, 3.05) is 5.73 Å². The van der Waals surface area contributed by atoms with Gasteiger partial charge in [-0.05, 0) is 18.2 Å². The van der Waals surface area contributed by atoms with E-state index in [2.05, 4.69) is 20.9 Å². The van der Waals surface area contributed by atoms with Crippen LogP contribution < -0.4 is 5.73 Å². The SMILES string of the molecule is Nc1ncc(C(=O)O)c2cc(Br)ccc12. The van der Waals surface area contributed by atoms with E-state index in [4.69, 9.17) is 10.8 Å². The second kappa shape index (κ2) is 3.51. The molecule has 0 unspecified atom stereocenters. The number of halogens is 1. The number of nitrogens with zero attached hydrogens (tertiary/aromatic N) is 1. The highest BCUT2D eigenvalue weighted by Gasteiger charge is 2.11. The Morgan fingerprint density at radius 3 is 2.80 bits per heavy atom. The third-order valence-corrected chi connectivity index (χ3v) is 2.60. The van der Waals surface area contributed by atoms with Crippen molar-refractivity contribution in [1.82, 2.24) is 4.98 Å². The van der Waals surface area contributed by atoms with Crippen LogP contribution in [0.2, 0.25) is 0 Å². The molecule has 0 saturated carbocycles. The number of nitrogen functional groups attached to an aromatic ring is 1. The molecule has 0 spiro atoms. The molecule has 1 aromatic heterocycles. The van der Waals surface area contributed by atoms with Crippen LogP contribution in [0.3, 0.4) is 0 Å². The first-order valence-electron chi connectivity index (χ1n) is 4.16. The minimum atomic E-state index is -1.01. The van der Waals surface area contributed by atoms with Crippen LogP contribution in [0.5, 0.6) is 0 Å². The predicted molar refractivity (Wildman–Crippen MR) is 60.8 cm³/mol. The first-order chi connectivity index (χ1) is 7.09. The zero-order valence-corrected chi connectivity index (χ0v) is 9.15. The van der Waals surface area contributed by atoms with E-state index >= 15 is 0 Å². The number of aromatic carboxylic acids is 1. The van der Waals surface area contributed by atoms with Crippen LogP contribution in [0.4, 0.5) is 5.82 Å². The van der Waals surface area contributed by atoms with E-state index in [-0.39, 0.29) is 5.56 Å². The van der Waals surface area contributed by atoms with Crippen LogP contribution in [-0.4, -0.2) is 16.1 Å². The molecule has 3 N–H and O–H groups in total. The standard InChI is InChI=1S/C10H7BrN2O2/c11-5-1-2-6-7(3-5)8(10(14)15)4-13-9(6)12/h1-4H,(H2,12,13)(H,14,15). The van der Waals surface area contributed by atoms with Crippen molar-refractivity contribution in [2.24, 2.45) is 0 Å². The zero-order chi connectivity index (χ0) is 11.0. The Balaban J connectivity index is 2.90. The van der Waals surface area contributed by atoms with E-state index in [9.17, 15) is 4.79 Å². The van der Waals surface area contributed by atoms with Gasteiger partial charge in [0.2, 0.25) is 0 Å². The summed E-state index contributed by atoms with van der Waals surface area (Å²) in [5.74, 6) is -0.673. The molecule has 0 amide bonds. The van der Waals surface area contributed by atoms with Crippen LogP contribution in [0.25, 0.3) is 10.8 Å². The molecular weight excluding hydrogens is 260 g/mol. The van der Waals surface area contributed by atoms with Gasteiger partial charge in [0.05, 0.1) is 5.56 Å². The van der Waals surface area contributed by atoms with Crippen LogP contribution >= 0.6 is 15.9 Å². The Bertz CT molecular complexity index is 554. The summed E-state index contributed by atoms with van der Waals surface area (Å²) in [6.07, 6.45) is 1.27. The Hall–Kier alpha value is -1.62. The van der Waals surface area contributed by atoms with Crippen LogP contribution in [0, 0.1) is 0 Å². The molecule has 0 aliphatic rings. The maximum atomic E-state index is 10.9. The molecular formula is C10H7BrN2O2. The highest BCUT2D eigenvalue weighted by atomic mass is 79.9. The van der Waals surface area contributed by atoms with Crippen molar-refractivity contribution in [3.05, 3.63) is 34.4 Å². The molecule has 15 heavy (non-hydrogen) atoms. The lowest BCUT2D eigenvalue weighted by Gasteiger charge is -2.04. The number of carbonyl (C=O) groups is 1. The molecule has 76 valence electrons. The van der Waals surface area contributed by atoms with Gasteiger partial charge in [-0.15, -0.1) is 0 Å². The second-order valence-corrected chi connectivity index (χ2v) is 3.97. The van der Waals surface area contributed by atoms with Gasteiger partial charge < -0.3 is 10.8 Å². The van der Waals surface area contributed by atoms with Gasteiger partial charge in [0.25, 0.3) is 0 Å². The molecule has 2 rings (SSSR count). The molecule has 0 aliphatic carbocycles. The summed E-state index contributed by atoms with van der Waals surface area (Å²) < 4.78 is 0.808. The number of hydrogen-bond acceptors (Lipinski definition) is 3. The maximum Gasteiger partial charge on any atom is 0.337 e. The van der Waals surface area contributed by atoms with Gasteiger partial charge in [0, 0.05) is 21.4 Å². The van der Waals surface area contributed by atoms with Crippen molar-refractivity contribution in [2.45, 2.75) is 0 Å². The van der Waals surface area contributed by atoms with Crippen LogP contribution in [0.15, 0.2) is 28.9 Å². The summed E-state index contributed by atoms with van der Waals surface area (Å²) in [4.78, 5) is 14.8.